The molecule has 0 aliphatic heterocycles. The van der Waals surface area contributed by atoms with Gasteiger partial charge in [-0.1, -0.05) is 54.6 Å². The molecule has 0 heterocycles. The summed E-state index contributed by atoms with van der Waals surface area (Å²) < 4.78 is 6.03. The van der Waals surface area contributed by atoms with Gasteiger partial charge in [0.15, 0.2) is 0 Å². The molecule has 2 aromatic carbocycles. The molecule has 0 spiro atoms. The van der Waals surface area contributed by atoms with Crippen molar-refractivity contribution >= 4 is 6.29 Å². The average molecular weight is 280 g/mol. The molecule has 2 heteroatoms. The fraction of sp³-hybridized carbons (Fsp3) is 0.211. The van der Waals surface area contributed by atoms with E-state index in [9.17, 15) is 4.79 Å². The van der Waals surface area contributed by atoms with Crippen LogP contribution in [0.15, 0.2) is 66.2 Å². The first-order valence-corrected chi connectivity index (χ1v) is 7.05. The van der Waals surface area contributed by atoms with E-state index in [0.717, 1.165) is 17.4 Å². The second-order valence-corrected chi connectivity index (χ2v) is 5.10. The second kappa shape index (κ2) is 7.55. The highest BCUT2D eigenvalue weighted by Crippen LogP contribution is 2.22. The van der Waals surface area contributed by atoms with Crippen molar-refractivity contribution in [3.05, 3.63) is 82.9 Å². The van der Waals surface area contributed by atoms with Crippen molar-refractivity contribution in [3.63, 3.8) is 0 Å². The van der Waals surface area contributed by atoms with Crippen molar-refractivity contribution < 1.29 is 9.53 Å². The van der Waals surface area contributed by atoms with Crippen molar-refractivity contribution in [1.82, 2.24) is 0 Å². The Hall–Kier alpha value is -2.19. The molecule has 0 aliphatic carbocycles. The summed E-state index contributed by atoms with van der Waals surface area (Å²) in [7, 11) is 0. The summed E-state index contributed by atoms with van der Waals surface area (Å²) in [4.78, 5) is 10.9. The molecule has 0 aromatic heterocycles. The van der Waals surface area contributed by atoms with Gasteiger partial charge in [-0.25, -0.2) is 0 Å². The van der Waals surface area contributed by atoms with E-state index >= 15 is 0 Å². The number of carbonyl (C=O) groups excluding carboxylic acids is 1. The van der Waals surface area contributed by atoms with Gasteiger partial charge in [-0.15, -0.1) is 0 Å². The van der Waals surface area contributed by atoms with E-state index in [4.69, 9.17) is 4.74 Å². The maximum Gasteiger partial charge on any atom is 0.145 e. The third-order valence-electron chi connectivity index (χ3n) is 3.41. The normalized spacial score (nSPS) is 13.0. The minimum atomic E-state index is -0.212. The maximum atomic E-state index is 10.9. The Bertz CT molecular complexity index is 614. The first-order chi connectivity index (χ1) is 10.2. The first kappa shape index (κ1) is 15.2. The predicted molar refractivity (Wildman–Crippen MR) is 85.0 cm³/mol. The lowest BCUT2D eigenvalue weighted by Gasteiger charge is -2.16. The van der Waals surface area contributed by atoms with Crippen molar-refractivity contribution in [1.29, 1.82) is 0 Å². The summed E-state index contributed by atoms with van der Waals surface area (Å²) in [6.07, 6.45) is 2.50. The fourth-order valence-corrected chi connectivity index (χ4v) is 2.11. The summed E-state index contributed by atoms with van der Waals surface area (Å²) >= 11 is 0. The van der Waals surface area contributed by atoms with Crippen molar-refractivity contribution in [2.24, 2.45) is 0 Å². The first-order valence-electron chi connectivity index (χ1n) is 7.05. The van der Waals surface area contributed by atoms with Crippen LogP contribution in [0.2, 0.25) is 0 Å². The van der Waals surface area contributed by atoms with Gasteiger partial charge in [-0.2, -0.15) is 0 Å². The highest BCUT2D eigenvalue weighted by atomic mass is 16.5. The molecule has 0 fully saturated rings. The van der Waals surface area contributed by atoms with Gasteiger partial charge in [0.25, 0.3) is 0 Å². The fourth-order valence-electron chi connectivity index (χ4n) is 2.11. The Morgan fingerprint density at radius 1 is 1.10 bits per heavy atom. The van der Waals surface area contributed by atoms with E-state index in [1.807, 2.05) is 48.5 Å². The number of carbonyl (C=O) groups is 1. The van der Waals surface area contributed by atoms with Crippen molar-refractivity contribution in [3.8, 4) is 0 Å². The molecule has 0 saturated carbocycles. The molecule has 108 valence electrons. The number of aldehydes is 1. The zero-order valence-electron chi connectivity index (χ0n) is 12.5. The minimum absolute atomic E-state index is 0.212. The van der Waals surface area contributed by atoms with Gasteiger partial charge in [0, 0.05) is 0 Å². The van der Waals surface area contributed by atoms with E-state index in [1.54, 1.807) is 6.92 Å². The molecule has 0 aliphatic rings. The molecular formula is C19H20O2. The van der Waals surface area contributed by atoms with Gasteiger partial charge in [-0.3, -0.25) is 4.79 Å². The molecule has 0 saturated heterocycles. The van der Waals surface area contributed by atoms with E-state index < -0.39 is 0 Å². The molecule has 0 N–H and O–H groups in total. The van der Waals surface area contributed by atoms with Crippen LogP contribution < -0.4 is 0 Å². The number of aryl methyl sites for hydroxylation is 1. The van der Waals surface area contributed by atoms with Crippen LogP contribution in [-0.2, 0) is 16.1 Å². The van der Waals surface area contributed by atoms with Crippen molar-refractivity contribution in [2.75, 3.05) is 0 Å². The minimum Gasteiger partial charge on any atom is -0.365 e. The Balaban J connectivity index is 2.17. The van der Waals surface area contributed by atoms with E-state index in [-0.39, 0.29) is 6.10 Å². The molecule has 0 radical (unpaired) electrons. The van der Waals surface area contributed by atoms with E-state index in [0.29, 0.717) is 12.2 Å². The van der Waals surface area contributed by atoms with Gasteiger partial charge in [0.05, 0.1) is 6.61 Å². The smallest absolute Gasteiger partial charge is 0.145 e. The Morgan fingerprint density at radius 2 is 1.76 bits per heavy atom. The van der Waals surface area contributed by atoms with Crippen molar-refractivity contribution in [2.45, 2.75) is 26.6 Å². The maximum absolute atomic E-state index is 10.9. The third kappa shape index (κ3) is 4.40. The van der Waals surface area contributed by atoms with Crippen LogP contribution in [0.3, 0.4) is 0 Å². The molecule has 2 rings (SSSR count). The number of hydrogen-bond acceptors (Lipinski definition) is 2. The second-order valence-electron chi connectivity index (χ2n) is 5.10. The van der Waals surface area contributed by atoms with Crippen LogP contribution in [0.4, 0.5) is 0 Å². The van der Waals surface area contributed by atoms with Gasteiger partial charge in [0.1, 0.15) is 12.4 Å². The summed E-state index contributed by atoms with van der Waals surface area (Å²) in [6.45, 7) is 4.39. The van der Waals surface area contributed by atoms with Gasteiger partial charge < -0.3 is 4.74 Å². The van der Waals surface area contributed by atoms with Crippen LogP contribution in [0, 0.1) is 6.92 Å². The molecule has 2 aromatic rings. The number of hydrogen-bond donors (Lipinski definition) is 0. The zero-order chi connectivity index (χ0) is 15.1. The van der Waals surface area contributed by atoms with Crippen LogP contribution in [0.1, 0.15) is 29.7 Å². The molecule has 0 amide bonds. The van der Waals surface area contributed by atoms with E-state index in [1.165, 1.54) is 5.56 Å². The lowest BCUT2D eigenvalue weighted by Crippen LogP contribution is -2.04. The van der Waals surface area contributed by atoms with Crippen LogP contribution in [0.25, 0.3) is 0 Å². The summed E-state index contributed by atoms with van der Waals surface area (Å²) in [5, 5.41) is 0. The lowest BCUT2D eigenvalue weighted by molar-refractivity contribution is -0.104. The number of rotatable bonds is 6. The quantitative estimate of drug-likeness (QED) is 0.579. The predicted octanol–water partition coefficient (Wildman–Crippen LogP) is 4.40. The lowest BCUT2D eigenvalue weighted by atomic mass is 10.1. The molecule has 2 nitrogen and oxygen atoms in total. The molecule has 21 heavy (non-hydrogen) atoms. The average Bonchev–Trinajstić information content (AvgIpc) is 2.53. The summed E-state index contributed by atoms with van der Waals surface area (Å²) in [6, 6.07) is 18.1. The Labute approximate surface area is 126 Å². The molecule has 1 atom stereocenters. The van der Waals surface area contributed by atoms with Gasteiger partial charge >= 0.3 is 0 Å². The van der Waals surface area contributed by atoms with Crippen LogP contribution >= 0.6 is 0 Å². The standard InChI is InChI=1S/C19H20O2/c1-15(13-20)12-19(17-9-4-3-5-10-17)21-14-18-11-7-6-8-16(18)2/h3-13,19H,14H2,1-2H3/b15-12+. The SMILES string of the molecule is C/C(C=O)=C\C(OCc1ccccc1C)c1ccccc1. The molecule has 0 bridgehead atoms. The van der Waals surface area contributed by atoms with E-state index in [2.05, 4.69) is 19.1 Å². The highest BCUT2D eigenvalue weighted by molar-refractivity contribution is 5.72. The number of ether oxygens (including phenoxy) is 1. The molecule has 1 unspecified atom stereocenters. The van der Waals surface area contributed by atoms with Gasteiger partial charge in [-0.05, 0) is 42.2 Å². The Kier molecular flexibility index (Phi) is 5.47. The summed E-state index contributed by atoms with van der Waals surface area (Å²) in [5.41, 5.74) is 4.09. The zero-order valence-corrected chi connectivity index (χ0v) is 12.5. The summed E-state index contributed by atoms with van der Waals surface area (Å²) in [5.74, 6) is 0. The number of allylic oxidation sites excluding steroid dienone is 1. The highest BCUT2D eigenvalue weighted by Gasteiger charge is 2.10. The monoisotopic (exact) mass is 280 g/mol. The van der Waals surface area contributed by atoms with Crippen LogP contribution in [0.5, 0.6) is 0 Å². The third-order valence-corrected chi connectivity index (χ3v) is 3.41. The Morgan fingerprint density at radius 3 is 2.43 bits per heavy atom. The topological polar surface area (TPSA) is 26.3 Å². The molecular weight excluding hydrogens is 260 g/mol. The largest absolute Gasteiger partial charge is 0.365 e. The number of benzene rings is 2. The van der Waals surface area contributed by atoms with Gasteiger partial charge in [0.2, 0.25) is 0 Å². The van der Waals surface area contributed by atoms with Crippen LogP contribution in [-0.4, -0.2) is 6.29 Å².